The number of benzene rings is 1. The minimum absolute atomic E-state index is 0. The van der Waals surface area contributed by atoms with Crippen molar-refractivity contribution in [1.29, 1.82) is 0 Å². The Hall–Kier alpha value is -1.58. The number of thioether (sulfide) groups is 1. The largest absolute Gasteiger partial charge is 0.416 e. The van der Waals surface area contributed by atoms with E-state index in [-0.39, 0.29) is 23.4 Å². The lowest BCUT2D eigenvalue weighted by atomic mass is 9.93. The summed E-state index contributed by atoms with van der Waals surface area (Å²) in [5, 5.41) is 0.583. The number of alkyl halides is 3. The Morgan fingerprint density at radius 2 is 2.10 bits per heavy atom. The van der Waals surface area contributed by atoms with Crippen molar-refractivity contribution in [3.63, 3.8) is 0 Å². The Bertz CT molecular complexity index is 938. The molecule has 10 heteroatoms. The van der Waals surface area contributed by atoms with Crippen LogP contribution in [0.2, 0.25) is 0 Å². The molecule has 0 radical (unpaired) electrons. The second-order valence-electron chi connectivity index (χ2n) is 7.43. The number of piperidine rings is 1. The third-order valence-electron chi connectivity index (χ3n) is 5.55. The maximum Gasteiger partial charge on any atom is 0.416 e. The lowest BCUT2D eigenvalue weighted by Gasteiger charge is -2.21. The molecule has 0 unspecified atom stereocenters. The first-order valence-electron chi connectivity index (χ1n) is 9.06. The molecular weight excluding hydrogens is 430 g/mol. The number of H-pyrrole nitrogens is 1. The fourth-order valence-corrected chi connectivity index (χ4v) is 4.93. The van der Waals surface area contributed by atoms with Gasteiger partial charge in [0.2, 0.25) is 0 Å². The van der Waals surface area contributed by atoms with Gasteiger partial charge in [-0.1, -0.05) is 17.8 Å². The second-order valence-corrected chi connectivity index (χ2v) is 8.51. The monoisotopic (exact) mass is 449 g/mol. The minimum Gasteiger partial charge on any atom is -0.302 e. The number of aromatic amines is 1. The molecule has 158 valence electrons. The van der Waals surface area contributed by atoms with Crippen LogP contribution in [-0.4, -0.2) is 40.3 Å². The van der Waals surface area contributed by atoms with Crippen molar-refractivity contribution < 1.29 is 17.6 Å². The van der Waals surface area contributed by atoms with Gasteiger partial charge in [-0.05, 0) is 43.0 Å². The lowest BCUT2D eigenvalue weighted by molar-refractivity contribution is -0.137. The molecule has 4 nitrogen and oxygen atoms in total. The third kappa shape index (κ3) is 4.62. The van der Waals surface area contributed by atoms with E-state index in [1.165, 1.54) is 30.1 Å². The Kier molecular flexibility index (Phi) is 6.31. The summed E-state index contributed by atoms with van der Waals surface area (Å²) in [5.74, 6) is 0.336. The third-order valence-corrected chi connectivity index (χ3v) is 6.53. The standard InChI is InChI=1S/C19H19F4N3OS.ClH/c20-15-8-12(19(21,22)23)2-3-14(15)18-9-13(18)10-26(11-18)6-1-7-28-17-24-5-4-16(27)25-17;/h2-5,8,13H,1,6-7,9-11H2,(H,24,25,27);1H/t13-,18-;/m0./s1. The van der Waals surface area contributed by atoms with E-state index in [0.717, 1.165) is 37.8 Å². The van der Waals surface area contributed by atoms with Crippen molar-refractivity contribution in [3.8, 4) is 0 Å². The molecule has 29 heavy (non-hydrogen) atoms. The van der Waals surface area contributed by atoms with Gasteiger partial charge in [0.15, 0.2) is 5.16 Å². The molecule has 1 aliphatic heterocycles. The number of nitrogens with zero attached hydrogens (tertiary/aromatic N) is 2. The number of fused-ring (bicyclic) bond motifs is 1. The number of rotatable bonds is 6. The zero-order valence-electron chi connectivity index (χ0n) is 15.3. The molecule has 1 aromatic carbocycles. The maximum absolute atomic E-state index is 14.4. The van der Waals surface area contributed by atoms with Crippen molar-refractivity contribution in [2.75, 3.05) is 25.4 Å². The molecule has 1 aromatic heterocycles. The number of hydrogen-bond donors (Lipinski definition) is 1. The summed E-state index contributed by atoms with van der Waals surface area (Å²) >= 11 is 1.47. The van der Waals surface area contributed by atoms with Crippen molar-refractivity contribution >= 4 is 24.2 Å². The topological polar surface area (TPSA) is 49.0 Å². The summed E-state index contributed by atoms with van der Waals surface area (Å²) < 4.78 is 52.7. The number of halogens is 5. The van der Waals surface area contributed by atoms with Gasteiger partial charge >= 0.3 is 6.18 Å². The van der Waals surface area contributed by atoms with Crippen molar-refractivity contribution in [3.05, 3.63) is 57.8 Å². The van der Waals surface area contributed by atoms with E-state index in [0.29, 0.717) is 29.2 Å². The summed E-state index contributed by atoms with van der Waals surface area (Å²) in [4.78, 5) is 20.2. The molecule has 2 aromatic rings. The summed E-state index contributed by atoms with van der Waals surface area (Å²) in [6.07, 6.45) is -1.36. The quantitative estimate of drug-likeness (QED) is 0.312. The van der Waals surface area contributed by atoms with Gasteiger partial charge in [0.05, 0.1) is 5.56 Å². The van der Waals surface area contributed by atoms with Crippen LogP contribution in [-0.2, 0) is 11.6 Å². The molecule has 1 N–H and O–H groups in total. The first kappa shape index (κ1) is 22.1. The average molecular weight is 450 g/mol. The average Bonchev–Trinajstić information content (AvgIpc) is 3.19. The van der Waals surface area contributed by atoms with Gasteiger partial charge in [-0.15, -0.1) is 12.4 Å². The van der Waals surface area contributed by atoms with Crippen LogP contribution in [0.15, 0.2) is 40.4 Å². The summed E-state index contributed by atoms with van der Waals surface area (Å²) in [5.41, 5.74) is -1.05. The zero-order valence-corrected chi connectivity index (χ0v) is 17.0. The molecular formula is C19H20ClF4N3OS. The van der Waals surface area contributed by atoms with Crippen molar-refractivity contribution in [2.45, 2.75) is 29.6 Å². The van der Waals surface area contributed by atoms with Gasteiger partial charge in [-0.3, -0.25) is 4.79 Å². The minimum atomic E-state index is -4.53. The molecule has 2 atom stereocenters. The van der Waals surface area contributed by atoms with Crippen LogP contribution >= 0.6 is 24.2 Å². The Morgan fingerprint density at radius 3 is 2.79 bits per heavy atom. The zero-order chi connectivity index (χ0) is 19.9. The first-order chi connectivity index (χ1) is 13.3. The molecule has 0 bridgehead atoms. The predicted octanol–water partition coefficient (Wildman–Crippen LogP) is 4.11. The maximum atomic E-state index is 14.4. The number of likely N-dealkylation sites (tertiary alicyclic amines) is 1. The molecule has 1 saturated heterocycles. The van der Waals surface area contributed by atoms with Crippen molar-refractivity contribution in [1.82, 2.24) is 14.9 Å². The van der Waals surface area contributed by atoms with Crippen LogP contribution in [0.4, 0.5) is 17.6 Å². The SMILES string of the molecule is Cl.O=c1ccnc(SCCCN2C[C@@H]3C[C@]3(c3ccc(C(F)(F)F)cc3F)C2)[nH]1. The number of nitrogens with one attached hydrogen (secondary N) is 1. The molecule has 1 aliphatic carbocycles. The molecule has 2 fully saturated rings. The number of hydrogen-bond acceptors (Lipinski definition) is 4. The van der Waals surface area contributed by atoms with E-state index in [9.17, 15) is 22.4 Å². The van der Waals surface area contributed by atoms with Gasteiger partial charge in [0.25, 0.3) is 5.56 Å². The van der Waals surface area contributed by atoms with E-state index in [4.69, 9.17) is 0 Å². The summed E-state index contributed by atoms with van der Waals surface area (Å²) in [6, 6.07) is 4.27. The molecule has 4 rings (SSSR count). The van der Waals surface area contributed by atoms with Crippen LogP contribution in [0.1, 0.15) is 24.0 Å². The number of aromatic nitrogens is 2. The van der Waals surface area contributed by atoms with Crippen LogP contribution in [0.25, 0.3) is 0 Å². The van der Waals surface area contributed by atoms with E-state index in [2.05, 4.69) is 14.9 Å². The fraction of sp³-hybridized carbons (Fsp3) is 0.474. The van der Waals surface area contributed by atoms with E-state index in [1.54, 1.807) is 0 Å². The summed E-state index contributed by atoms with van der Waals surface area (Å²) in [7, 11) is 0. The molecule has 0 amide bonds. The van der Waals surface area contributed by atoms with Crippen molar-refractivity contribution in [2.24, 2.45) is 5.92 Å². The van der Waals surface area contributed by atoms with Gasteiger partial charge in [-0.2, -0.15) is 13.2 Å². The highest BCUT2D eigenvalue weighted by molar-refractivity contribution is 7.99. The van der Waals surface area contributed by atoms with E-state index < -0.39 is 17.6 Å². The highest BCUT2D eigenvalue weighted by Crippen LogP contribution is 2.59. The first-order valence-corrected chi connectivity index (χ1v) is 10.0. The van der Waals surface area contributed by atoms with Gasteiger partial charge < -0.3 is 9.88 Å². The smallest absolute Gasteiger partial charge is 0.302 e. The Labute approximate surface area is 175 Å². The second kappa shape index (κ2) is 8.28. The highest BCUT2D eigenvalue weighted by atomic mass is 35.5. The molecule has 1 saturated carbocycles. The summed E-state index contributed by atoms with van der Waals surface area (Å²) in [6.45, 7) is 2.33. The van der Waals surface area contributed by atoms with E-state index in [1.807, 2.05) is 0 Å². The van der Waals surface area contributed by atoms with Crippen LogP contribution in [0.3, 0.4) is 0 Å². The van der Waals surface area contributed by atoms with Crippen LogP contribution in [0.5, 0.6) is 0 Å². The molecule has 2 heterocycles. The van der Waals surface area contributed by atoms with Gasteiger partial charge in [0, 0.05) is 36.5 Å². The molecule has 2 aliphatic rings. The fourth-order valence-electron chi connectivity index (χ4n) is 4.15. The Morgan fingerprint density at radius 1 is 1.31 bits per heavy atom. The van der Waals surface area contributed by atoms with E-state index >= 15 is 0 Å². The predicted molar refractivity (Wildman–Crippen MR) is 105 cm³/mol. The van der Waals surface area contributed by atoms with Gasteiger partial charge in [-0.25, -0.2) is 9.37 Å². The normalized spacial score (nSPS) is 23.5. The lowest BCUT2D eigenvalue weighted by Crippen LogP contribution is -2.28. The van der Waals surface area contributed by atoms with Crippen LogP contribution < -0.4 is 5.56 Å². The van der Waals surface area contributed by atoms with Crippen LogP contribution in [0, 0.1) is 11.7 Å². The highest BCUT2D eigenvalue weighted by Gasteiger charge is 2.61. The van der Waals surface area contributed by atoms with Gasteiger partial charge in [0.1, 0.15) is 5.82 Å². The Balaban J connectivity index is 0.00000240. The molecule has 0 spiro atoms.